The third kappa shape index (κ3) is 6.17. The van der Waals surface area contributed by atoms with Gasteiger partial charge in [0.1, 0.15) is 12.4 Å². The van der Waals surface area contributed by atoms with E-state index in [9.17, 15) is 22.4 Å². The lowest BCUT2D eigenvalue weighted by Crippen LogP contribution is -2.38. The van der Waals surface area contributed by atoms with E-state index in [0.29, 0.717) is 4.31 Å². The van der Waals surface area contributed by atoms with E-state index in [2.05, 4.69) is 10.6 Å². The number of hydrogen-bond donors (Lipinski definition) is 2. The summed E-state index contributed by atoms with van der Waals surface area (Å²) in [6.07, 6.45) is 0.888. The molecule has 0 saturated carbocycles. The highest BCUT2D eigenvalue weighted by atomic mass is 32.2. The average molecular weight is 470 g/mol. The first-order chi connectivity index (χ1) is 15.7. The molecule has 0 saturated heterocycles. The van der Waals surface area contributed by atoms with Crippen LogP contribution in [0.1, 0.15) is 28.9 Å². The molecule has 0 unspecified atom stereocenters. The molecule has 2 N–H and O–H groups in total. The molecule has 0 bridgehead atoms. The molecule has 7 nitrogen and oxygen atoms in total. The maximum atomic E-state index is 14.2. The standard InChI is InChI=1S/C24H24FN3O4S/c1-17(18-10-4-3-5-11-18)26-24(30)19-12-6-8-14-21(19)27-23(29)16-28(33(2,31)32)22-15-9-7-13-20(22)25/h3-15,17H,16H2,1-2H3,(H,26,30)(H,27,29)/t17-/m0/s1. The van der Waals surface area contributed by atoms with Gasteiger partial charge in [-0.05, 0) is 36.8 Å². The minimum Gasteiger partial charge on any atom is -0.345 e. The number of halogens is 1. The zero-order valence-corrected chi connectivity index (χ0v) is 19.0. The molecule has 33 heavy (non-hydrogen) atoms. The van der Waals surface area contributed by atoms with Gasteiger partial charge in [0.05, 0.1) is 29.2 Å². The third-order valence-corrected chi connectivity index (χ3v) is 6.03. The monoisotopic (exact) mass is 469 g/mol. The van der Waals surface area contributed by atoms with Crippen molar-refractivity contribution < 1.29 is 22.4 Å². The molecule has 9 heteroatoms. The number of benzene rings is 3. The molecule has 0 aromatic heterocycles. The van der Waals surface area contributed by atoms with Crippen molar-refractivity contribution in [2.45, 2.75) is 13.0 Å². The SMILES string of the molecule is C[C@H](NC(=O)c1ccccc1NC(=O)CN(c1ccccc1F)S(C)(=O)=O)c1ccccc1. The van der Waals surface area contributed by atoms with Crippen molar-refractivity contribution in [2.75, 3.05) is 22.4 Å². The van der Waals surface area contributed by atoms with Crippen molar-refractivity contribution >= 4 is 33.2 Å². The summed E-state index contributed by atoms with van der Waals surface area (Å²) in [6, 6.07) is 20.8. The Bertz CT molecular complexity index is 1250. The molecule has 0 fully saturated rings. The first-order valence-corrected chi connectivity index (χ1v) is 12.0. The van der Waals surface area contributed by atoms with Crippen molar-refractivity contribution in [3.8, 4) is 0 Å². The number of sulfonamides is 1. The molecule has 0 aliphatic heterocycles. The van der Waals surface area contributed by atoms with E-state index >= 15 is 0 Å². The van der Waals surface area contributed by atoms with E-state index in [1.807, 2.05) is 37.3 Å². The van der Waals surface area contributed by atoms with Gasteiger partial charge >= 0.3 is 0 Å². The molecule has 0 aliphatic carbocycles. The quantitative estimate of drug-likeness (QED) is 0.526. The number of carbonyl (C=O) groups excluding carboxylic acids is 2. The minimum atomic E-state index is -3.95. The Hall–Kier alpha value is -3.72. The Morgan fingerprint density at radius 1 is 0.939 bits per heavy atom. The summed E-state index contributed by atoms with van der Waals surface area (Å²) < 4.78 is 39.3. The maximum absolute atomic E-state index is 14.2. The highest BCUT2D eigenvalue weighted by molar-refractivity contribution is 7.92. The van der Waals surface area contributed by atoms with Gasteiger partial charge in [0.15, 0.2) is 0 Å². The van der Waals surface area contributed by atoms with Gasteiger partial charge in [0.2, 0.25) is 15.9 Å². The van der Waals surface area contributed by atoms with E-state index in [1.165, 1.54) is 24.3 Å². The molecule has 1 atom stereocenters. The van der Waals surface area contributed by atoms with Crippen molar-refractivity contribution in [3.63, 3.8) is 0 Å². The lowest BCUT2D eigenvalue weighted by Gasteiger charge is -2.22. The van der Waals surface area contributed by atoms with Crippen LogP contribution in [0.5, 0.6) is 0 Å². The van der Waals surface area contributed by atoms with Gasteiger partial charge in [0.25, 0.3) is 5.91 Å². The van der Waals surface area contributed by atoms with Gasteiger partial charge in [-0.15, -0.1) is 0 Å². The van der Waals surface area contributed by atoms with Gasteiger partial charge in [-0.25, -0.2) is 12.8 Å². The Morgan fingerprint density at radius 2 is 1.55 bits per heavy atom. The molecule has 0 aliphatic rings. The van der Waals surface area contributed by atoms with Crippen molar-refractivity contribution in [1.82, 2.24) is 5.32 Å². The van der Waals surface area contributed by atoms with E-state index in [4.69, 9.17) is 0 Å². The summed E-state index contributed by atoms with van der Waals surface area (Å²) in [5.41, 5.74) is 1.10. The lowest BCUT2D eigenvalue weighted by molar-refractivity contribution is -0.114. The van der Waals surface area contributed by atoms with Gasteiger partial charge in [-0.3, -0.25) is 13.9 Å². The molecule has 0 heterocycles. The summed E-state index contributed by atoms with van der Waals surface area (Å²) in [5, 5.41) is 5.45. The molecule has 3 rings (SSSR count). The maximum Gasteiger partial charge on any atom is 0.253 e. The van der Waals surface area contributed by atoms with Gasteiger partial charge in [-0.2, -0.15) is 0 Å². The lowest BCUT2D eigenvalue weighted by atomic mass is 10.1. The van der Waals surface area contributed by atoms with Crippen molar-refractivity contribution in [2.24, 2.45) is 0 Å². The summed E-state index contributed by atoms with van der Waals surface area (Å²) in [4.78, 5) is 25.6. The molecule has 0 spiro atoms. The Balaban J connectivity index is 1.77. The molecule has 3 aromatic carbocycles. The summed E-state index contributed by atoms with van der Waals surface area (Å²) in [7, 11) is -3.95. The number of hydrogen-bond acceptors (Lipinski definition) is 4. The van der Waals surface area contributed by atoms with E-state index < -0.39 is 34.2 Å². The molecule has 172 valence electrons. The Morgan fingerprint density at radius 3 is 2.21 bits per heavy atom. The highest BCUT2D eigenvalue weighted by Gasteiger charge is 2.24. The highest BCUT2D eigenvalue weighted by Crippen LogP contribution is 2.22. The van der Waals surface area contributed by atoms with Crippen molar-refractivity contribution in [3.05, 3.63) is 95.8 Å². The van der Waals surface area contributed by atoms with Crippen LogP contribution in [0.3, 0.4) is 0 Å². The minimum absolute atomic E-state index is 0.210. The smallest absolute Gasteiger partial charge is 0.253 e. The molecular formula is C24H24FN3O4S. The van der Waals surface area contributed by atoms with E-state index in [-0.39, 0.29) is 23.0 Å². The fourth-order valence-electron chi connectivity index (χ4n) is 3.24. The predicted molar refractivity (Wildman–Crippen MR) is 126 cm³/mol. The first-order valence-electron chi connectivity index (χ1n) is 10.1. The van der Waals surface area contributed by atoms with Crippen LogP contribution < -0.4 is 14.9 Å². The normalized spacial score (nSPS) is 12.0. The van der Waals surface area contributed by atoms with Gasteiger partial charge in [0, 0.05) is 0 Å². The Kier molecular flexibility index (Phi) is 7.44. The number of nitrogens with one attached hydrogen (secondary N) is 2. The van der Waals surface area contributed by atoms with Crippen LogP contribution in [0, 0.1) is 5.82 Å². The number of amides is 2. The van der Waals surface area contributed by atoms with Crippen molar-refractivity contribution in [1.29, 1.82) is 0 Å². The van der Waals surface area contributed by atoms with Crippen LogP contribution in [0.2, 0.25) is 0 Å². The van der Waals surface area contributed by atoms with Crippen LogP contribution in [0.25, 0.3) is 0 Å². The number of rotatable bonds is 8. The van der Waals surface area contributed by atoms with E-state index in [0.717, 1.165) is 17.9 Å². The van der Waals surface area contributed by atoms with Crippen LogP contribution in [-0.4, -0.2) is 33.0 Å². The van der Waals surface area contributed by atoms with Crippen LogP contribution in [-0.2, 0) is 14.8 Å². The molecule has 2 amide bonds. The topological polar surface area (TPSA) is 95.6 Å². The number of anilines is 2. The second-order valence-electron chi connectivity index (χ2n) is 7.42. The average Bonchev–Trinajstić information content (AvgIpc) is 2.78. The van der Waals surface area contributed by atoms with Crippen LogP contribution in [0.15, 0.2) is 78.9 Å². The Labute approximate surface area is 192 Å². The zero-order chi connectivity index (χ0) is 24.0. The molecule has 3 aromatic rings. The summed E-state index contributed by atoms with van der Waals surface area (Å²) in [6.45, 7) is 1.18. The summed E-state index contributed by atoms with van der Waals surface area (Å²) in [5.74, 6) is -1.90. The first kappa shape index (κ1) is 23.9. The van der Waals surface area contributed by atoms with Crippen LogP contribution in [0.4, 0.5) is 15.8 Å². The second kappa shape index (κ2) is 10.3. The van der Waals surface area contributed by atoms with E-state index in [1.54, 1.807) is 18.2 Å². The number of para-hydroxylation sites is 2. The number of nitrogens with zero attached hydrogens (tertiary/aromatic N) is 1. The predicted octanol–water partition coefficient (Wildman–Crippen LogP) is 3.72. The third-order valence-electron chi connectivity index (χ3n) is 4.90. The van der Waals surface area contributed by atoms with Gasteiger partial charge < -0.3 is 10.6 Å². The van der Waals surface area contributed by atoms with Gasteiger partial charge in [-0.1, -0.05) is 54.6 Å². The second-order valence-corrected chi connectivity index (χ2v) is 9.33. The molecule has 0 radical (unpaired) electrons. The molecular weight excluding hydrogens is 445 g/mol. The fourth-order valence-corrected chi connectivity index (χ4v) is 4.10. The zero-order valence-electron chi connectivity index (χ0n) is 18.2. The number of carbonyl (C=O) groups is 2. The summed E-state index contributed by atoms with van der Waals surface area (Å²) >= 11 is 0. The largest absolute Gasteiger partial charge is 0.345 e. The fraction of sp³-hybridized carbons (Fsp3) is 0.167. The van der Waals surface area contributed by atoms with Crippen LogP contribution >= 0.6 is 0 Å².